The van der Waals surface area contributed by atoms with Crippen molar-refractivity contribution in [1.29, 1.82) is 0 Å². The summed E-state index contributed by atoms with van der Waals surface area (Å²) in [5.41, 5.74) is 13.5. The van der Waals surface area contributed by atoms with E-state index in [1.807, 2.05) is 24.3 Å². The Balaban J connectivity index is 1.58. The zero-order valence-electron chi connectivity index (χ0n) is 26.3. The van der Waals surface area contributed by atoms with Crippen LogP contribution in [-0.4, -0.2) is 0 Å². The van der Waals surface area contributed by atoms with Crippen molar-refractivity contribution in [2.75, 3.05) is 0 Å². The van der Waals surface area contributed by atoms with Gasteiger partial charge in [0.2, 0.25) is 0 Å². The van der Waals surface area contributed by atoms with E-state index < -0.39 is 0 Å². The Morgan fingerprint density at radius 1 is 0.304 bits per heavy atom. The lowest BCUT2D eigenvalue weighted by Crippen LogP contribution is -1.95. The molecule has 0 aromatic heterocycles. The maximum Gasteiger partial charge on any atom is 0.123 e. The van der Waals surface area contributed by atoms with Crippen molar-refractivity contribution >= 4 is 32.3 Å². The molecule has 8 rings (SSSR count). The number of rotatable bonds is 4. The first-order valence-corrected chi connectivity index (χ1v) is 15.7. The fraction of sp³-hybridized carbons (Fsp3) is 0.0909. The summed E-state index contributed by atoms with van der Waals surface area (Å²) >= 11 is 0. The zero-order valence-corrected chi connectivity index (χ0v) is 26.3. The van der Waals surface area contributed by atoms with Gasteiger partial charge < -0.3 is 0 Å². The fourth-order valence-electron chi connectivity index (χ4n) is 7.47. The minimum Gasteiger partial charge on any atom is -0.207 e. The number of benzene rings is 8. The molecule has 46 heavy (non-hydrogen) atoms. The molecule has 0 atom stereocenters. The molecule has 0 heterocycles. The van der Waals surface area contributed by atoms with Gasteiger partial charge in [0.25, 0.3) is 0 Å². The minimum atomic E-state index is -0.252. The molecule has 2 heteroatoms. The molecule has 0 aliphatic rings. The lowest BCUT2D eigenvalue weighted by Gasteiger charge is -2.22. The van der Waals surface area contributed by atoms with Crippen LogP contribution in [0, 0.1) is 39.3 Å². The SMILES string of the molecule is Cc1cc(C)cc(-c2cc(-c3ccc(F)cc3)c3ccc4c(-c5cc(C)cc(C)c5)cc(-c5ccc(F)cc5)c5ccc2c3c54)c1. The second kappa shape index (κ2) is 10.6. The third kappa shape index (κ3) is 4.64. The van der Waals surface area contributed by atoms with E-state index in [1.54, 1.807) is 0 Å². The van der Waals surface area contributed by atoms with Gasteiger partial charge in [0.1, 0.15) is 11.6 Å². The van der Waals surface area contributed by atoms with Crippen LogP contribution in [-0.2, 0) is 0 Å². The van der Waals surface area contributed by atoms with Gasteiger partial charge in [0, 0.05) is 0 Å². The molecule has 0 fully saturated rings. The summed E-state index contributed by atoms with van der Waals surface area (Å²) in [6.07, 6.45) is 0. The highest BCUT2D eigenvalue weighted by Crippen LogP contribution is 2.48. The molecule has 0 aliphatic heterocycles. The maximum absolute atomic E-state index is 14.1. The van der Waals surface area contributed by atoms with Crippen molar-refractivity contribution in [2.24, 2.45) is 0 Å². The van der Waals surface area contributed by atoms with E-state index >= 15 is 0 Å². The number of aryl methyl sites for hydroxylation is 4. The van der Waals surface area contributed by atoms with Gasteiger partial charge >= 0.3 is 0 Å². The first-order valence-electron chi connectivity index (χ1n) is 15.7. The van der Waals surface area contributed by atoms with E-state index in [1.165, 1.54) is 68.1 Å². The highest BCUT2D eigenvalue weighted by Gasteiger charge is 2.21. The van der Waals surface area contributed by atoms with E-state index in [-0.39, 0.29) is 11.6 Å². The summed E-state index contributed by atoms with van der Waals surface area (Å²) in [7, 11) is 0. The average Bonchev–Trinajstić information content (AvgIpc) is 3.03. The van der Waals surface area contributed by atoms with Gasteiger partial charge in [0.05, 0.1) is 0 Å². The second-order valence-electron chi connectivity index (χ2n) is 12.8. The smallest absolute Gasteiger partial charge is 0.123 e. The van der Waals surface area contributed by atoms with Gasteiger partial charge in [0.15, 0.2) is 0 Å². The molecule has 0 radical (unpaired) electrons. The molecule has 8 aromatic carbocycles. The quantitative estimate of drug-likeness (QED) is 0.177. The Morgan fingerprint density at radius 3 is 0.891 bits per heavy atom. The maximum atomic E-state index is 14.1. The second-order valence-corrected chi connectivity index (χ2v) is 12.8. The molecule has 0 saturated heterocycles. The molecule has 0 bridgehead atoms. The normalized spacial score (nSPS) is 11.7. The molecular formula is C44H32F2. The standard InChI is InChI=1S/C44H32F2/c1-25-17-26(2)20-31(19-25)41-23-39(29-5-9-33(45)10-6-29)35-14-16-38-42(32-21-27(3)18-28(4)22-32)24-40(30-7-11-34(46)12-8-30)36-13-15-37(41)43(35)44(36)38/h5-24H,1-4H3. The van der Waals surface area contributed by atoms with E-state index in [9.17, 15) is 8.78 Å². The van der Waals surface area contributed by atoms with Crippen molar-refractivity contribution in [1.82, 2.24) is 0 Å². The summed E-state index contributed by atoms with van der Waals surface area (Å²) in [6.45, 7) is 8.55. The average molecular weight is 599 g/mol. The summed E-state index contributed by atoms with van der Waals surface area (Å²) in [5, 5.41) is 6.95. The first kappa shape index (κ1) is 28.2. The lowest BCUT2D eigenvalue weighted by molar-refractivity contribution is 0.627. The summed E-state index contributed by atoms with van der Waals surface area (Å²) in [6, 6.07) is 40.5. The van der Waals surface area contributed by atoms with Crippen LogP contribution in [0.15, 0.2) is 121 Å². The molecular weight excluding hydrogens is 566 g/mol. The Kier molecular flexibility index (Phi) is 6.51. The third-order valence-corrected chi connectivity index (χ3v) is 9.27. The van der Waals surface area contributed by atoms with Crippen LogP contribution in [0.3, 0.4) is 0 Å². The van der Waals surface area contributed by atoms with Crippen LogP contribution in [0.1, 0.15) is 22.3 Å². The molecule has 0 amide bonds. The summed E-state index contributed by atoms with van der Waals surface area (Å²) in [5.74, 6) is -0.504. The van der Waals surface area contributed by atoms with Crippen LogP contribution in [0.25, 0.3) is 76.8 Å². The Bertz CT molecular complexity index is 2230. The first-order chi connectivity index (χ1) is 22.2. The Labute approximate surface area is 267 Å². The van der Waals surface area contributed by atoms with E-state index in [0.717, 1.165) is 55.3 Å². The summed E-state index contributed by atoms with van der Waals surface area (Å²) in [4.78, 5) is 0. The van der Waals surface area contributed by atoms with Gasteiger partial charge in [-0.1, -0.05) is 107 Å². The van der Waals surface area contributed by atoms with Gasteiger partial charge in [-0.3, -0.25) is 0 Å². The van der Waals surface area contributed by atoms with Crippen LogP contribution in [0.4, 0.5) is 8.78 Å². The number of halogens is 2. The van der Waals surface area contributed by atoms with Crippen molar-refractivity contribution in [3.8, 4) is 44.5 Å². The van der Waals surface area contributed by atoms with E-state index in [0.29, 0.717) is 0 Å². The molecule has 222 valence electrons. The molecule has 0 nitrogen and oxygen atoms in total. The van der Waals surface area contributed by atoms with Crippen LogP contribution in [0.2, 0.25) is 0 Å². The van der Waals surface area contributed by atoms with Crippen molar-refractivity contribution < 1.29 is 8.78 Å². The van der Waals surface area contributed by atoms with E-state index in [2.05, 4.69) is 100 Å². The molecule has 0 saturated carbocycles. The third-order valence-electron chi connectivity index (χ3n) is 9.27. The van der Waals surface area contributed by atoms with Crippen LogP contribution >= 0.6 is 0 Å². The molecule has 0 spiro atoms. The summed E-state index contributed by atoms with van der Waals surface area (Å²) < 4.78 is 28.3. The predicted molar refractivity (Wildman–Crippen MR) is 191 cm³/mol. The van der Waals surface area contributed by atoms with Crippen molar-refractivity contribution in [2.45, 2.75) is 27.7 Å². The molecule has 0 N–H and O–H groups in total. The van der Waals surface area contributed by atoms with Crippen LogP contribution in [0.5, 0.6) is 0 Å². The molecule has 8 aromatic rings. The Hall–Kier alpha value is -5.34. The predicted octanol–water partition coefficient (Wildman–Crippen LogP) is 12.8. The number of hydrogen-bond donors (Lipinski definition) is 0. The largest absolute Gasteiger partial charge is 0.207 e. The Morgan fingerprint density at radius 2 is 0.587 bits per heavy atom. The highest BCUT2D eigenvalue weighted by molar-refractivity contribution is 6.32. The number of hydrogen-bond acceptors (Lipinski definition) is 0. The van der Waals surface area contributed by atoms with Gasteiger partial charge in [-0.05, 0) is 141 Å². The topological polar surface area (TPSA) is 0 Å². The molecule has 0 unspecified atom stereocenters. The van der Waals surface area contributed by atoms with Gasteiger partial charge in [-0.2, -0.15) is 0 Å². The van der Waals surface area contributed by atoms with Crippen molar-refractivity contribution in [3.05, 3.63) is 155 Å². The monoisotopic (exact) mass is 598 g/mol. The zero-order chi connectivity index (χ0) is 31.7. The minimum absolute atomic E-state index is 0.252. The fourth-order valence-corrected chi connectivity index (χ4v) is 7.47. The highest BCUT2D eigenvalue weighted by atomic mass is 19.1. The van der Waals surface area contributed by atoms with Crippen LogP contribution < -0.4 is 0 Å². The van der Waals surface area contributed by atoms with Gasteiger partial charge in [-0.15, -0.1) is 0 Å². The van der Waals surface area contributed by atoms with E-state index in [4.69, 9.17) is 0 Å². The van der Waals surface area contributed by atoms with Crippen molar-refractivity contribution in [3.63, 3.8) is 0 Å². The lowest BCUT2D eigenvalue weighted by atomic mass is 9.81. The van der Waals surface area contributed by atoms with Gasteiger partial charge in [-0.25, -0.2) is 8.78 Å². The molecule has 0 aliphatic carbocycles.